The highest BCUT2D eigenvalue weighted by Crippen LogP contribution is 2.21. The number of hydrogen-bond donors (Lipinski definition) is 5. The van der Waals surface area contributed by atoms with Gasteiger partial charge in [-0.1, -0.05) is 13.8 Å². The van der Waals surface area contributed by atoms with Gasteiger partial charge in [-0.15, -0.1) is 0 Å². The summed E-state index contributed by atoms with van der Waals surface area (Å²) in [4.78, 5) is 8.36. The van der Waals surface area contributed by atoms with E-state index >= 15 is 0 Å². The van der Waals surface area contributed by atoms with Gasteiger partial charge in [-0.25, -0.2) is 5.84 Å². The second kappa shape index (κ2) is 5.15. The third-order valence-corrected chi connectivity index (χ3v) is 2.76. The van der Waals surface area contributed by atoms with Gasteiger partial charge in [0.25, 0.3) is 0 Å². The van der Waals surface area contributed by atoms with Crippen LogP contribution >= 0.6 is 0 Å². The first-order valence-electron chi connectivity index (χ1n) is 5.70. The normalized spacial score (nSPS) is 12.9. The van der Waals surface area contributed by atoms with Crippen LogP contribution in [0, 0.1) is 5.92 Å². The molecule has 0 aliphatic rings. The Morgan fingerprint density at radius 2 is 2.22 bits per heavy atom. The van der Waals surface area contributed by atoms with Crippen molar-refractivity contribution in [2.24, 2.45) is 11.8 Å². The molecule has 0 radical (unpaired) electrons. The first-order chi connectivity index (χ1) is 8.65. The average Bonchev–Trinajstić information content (AvgIpc) is 2.83. The number of aromatic nitrogens is 4. The highest BCUT2D eigenvalue weighted by molar-refractivity contribution is 5.87. The molecule has 1 atom stereocenters. The van der Waals surface area contributed by atoms with Gasteiger partial charge in [0.05, 0.1) is 24.2 Å². The number of nitrogen functional groups attached to an aromatic ring is 1. The predicted molar refractivity (Wildman–Crippen MR) is 68.8 cm³/mol. The van der Waals surface area contributed by atoms with Crippen molar-refractivity contribution in [1.29, 1.82) is 0 Å². The summed E-state index contributed by atoms with van der Waals surface area (Å²) in [6.07, 6.45) is 1.63. The standard InChI is InChI=1S/C10H17N7O/c1-5(2)7(4-18)13-8-6-3-12-17-9(6)15-10(14-8)16-11/h3,5,7,18H,4,11H2,1-2H3,(H3,12,13,14,15,16,17). The number of rotatable bonds is 5. The van der Waals surface area contributed by atoms with Crippen molar-refractivity contribution in [1.82, 2.24) is 20.2 Å². The van der Waals surface area contributed by atoms with Gasteiger partial charge >= 0.3 is 0 Å². The molecule has 0 amide bonds. The lowest BCUT2D eigenvalue weighted by Crippen LogP contribution is -2.30. The Morgan fingerprint density at radius 3 is 2.83 bits per heavy atom. The first-order valence-corrected chi connectivity index (χ1v) is 5.70. The number of nitrogens with two attached hydrogens (primary N) is 1. The number of fused-ring (bicyclic) bond motifs is 1. The van der Waals surface area contributed by atoms with Gasteiger partial charge in [-0.05, 0) is 5.92 Å². The van der Waals surface area contributed by atoms with Crippen molar-refractivity contribution in [2.45, 2.75) is 19.9 Å². The molecule has 0 aromatic carbocycles. The molecule has 2 aromatic heterocycles. The molecule has 1 unspecified atom stereocenters. The van der Waals surface area contributed by atoms with E-state index in [1.54, 1.807) is 6.20 Å². The molecule has 98 valence electrons. The third kappa shape index (κ3) is 2.34. The van der Waals surface area contributed by atoms with Gasteiger partial charge in [0.1, 0.15) is 5.82 Å². The number of nitrogens with zero attached hydrogens (tertiary/aromatic N) is 3. The minimum Gasteiger partial charge on any atom is -0.394 e. The van der Waals surface area contributed by atoms with Crippen molar-refractivity contribution < 1.29 is 5.11 Å². The maximum atomic E-state index is 9.34. The predicted octanol–water partition coefficient (Wildman–Crippen LogP) is 0.0673. The Labute approximate surface area is 104 Å². The molecule has 0 saturated carbocycles. The fourth-order valence-electron chi connectivity index (χ4n) is 1.61. The van der Waals surface area contributed by atoms with Crippen LogP contribution in [0.1, 0.15) is 13.8 Å². The first kappa shape index (κ1) is 12.5. The Balaban J connectivity index is 2.39. The topological polar surface area (TPSA) is 125 Å². The van der Waals surface area contributed by atoms with Crippen LogP contribution < -0.4 is 16.6 Å². The van der Waals surface area contributed by atoms with Crippen molar-refractivity contribution in [2.75, 3.05) is 17.3 Å². The summed E-state index contributed by atoms with van der Waals surface area (Å²) in [5.41, 5.74) is 2.98. The van der Waals surface area contributed by atoms with Crippen molar-refractivity contribution in [3.8, 4) is 0 Å². The lowest BCUT2D eigenvalue weighted by atomic mass is 10.1. The number of hydrogen-bond acceptors (Lipinski definition) is 7. The monoisotopic (exact) mass is 251 g/mol. The van der Waals surface area contributed by atoms with E-state index in [1.807, 2.05) is 13.8 Å². The van der Waals surface area contributed by atoms with Crippen LogP contribution in [0.15, 0.2) is 6.20 Å². The maximum absolute atomic E-state index is 9.34. The zero-order valence-electron chi connectivity index (χ0n) is 10.3. The number of nitrogens with one attached hydrogen (secondary N) is 3. The SMILES string of the molecule is CC(C)C(CO)Nc1nc(NN)nc2[nH]ncc12. The van der Waals surface area contributed by atoms with Crippen LogP contribution in [0.3, 0.4) is 0 Å². The fraction of sp³-hybridized carbons (Fsp3) is 0.500. The van der Waals surface area contributed by atoms with Gasteiger partial charge in [-0.2, -0.15) is 15.1 Å². The molecule has 0 aliphatic heterocycles. The number of aromatic amines is 1. The minimum atomic E-state index is -0.0939. The molecule has 2 aromatic rings. The Kier molecular flexibility index (Phi) is 3.58. The molecule has 0 aliphatic carbocycles. The number of hydrazine groups is 1. The van der Waals surface area contributed by atoms with E-state index in [2.05, 4.69) is 30.9 Å². The summed E-state index contributed by atoms with van der Waals surface area (Å²) in [6.45, 7) is 4.06. The number of H-pyrrole nitrogens is 1. The summed E-state index contributed by atoms with van der Waals surface area (Å²) in [7, 11) is 0. The van der Waals surface area contributed by atoms with Gasteiger partial charge in [0.2, 0.25) is 5.95 Å². The molecular weight excluding hydrogens is 234 g/mol. The van der Waals surface area contributed by atoms with E-state index in [0.29, 0.717) is 11.5 Å². The molecule has 8 nitrogen and oxygen atoms in total. The molecule has 2 rings (SSSR count). The summed E-state index contributed by atoms with van der Waals surface area (Å²) in [6, 6.07) is -0.0939. The molecule has 0 saturated heterocycles. The van der Waals surface area contributed by atoms with Crippen LogP contribution in [-0.4, -0.2) is 37.9 Å². The van der Waals surface area contributed by atoms with E-state index in [9.17, 15) is 5.11 Å². The largest absolute Gasteiger partial charge is 0.394 e. The zero-order valence-corrected chi connectivity index (χ0v) is 10.3. The Morgan fingerprint density at radius 1 is 1.44 bits per heavy atom. The minimum absolute atomic E-state index is 0.0202. The summed E-state index contributed by atoms with van der Waals surface area (Å²) < 4.78 is 0. The lowest BCUT2D eigenvalue weighted by Gasteiger charge is -2.20. The lowest BCUT2D eigenvalue weighted by molar-refractivity contribution is 0.249. The number of aliphatic hydroxyl groups excluding tert-OH is 1. The quantitative estimate of drug-likeness (QED) is 0.376. The molecular formula is C10H17N7O. The highest BCUT2D eigenvalue weighted by Gasteiger charge is 2.16. The van der Waals surface area contributed by atoms with E-state index in [4.69, 9.17) is 5.84 Å². The molecule has 0 fully saturated rings. The van der Waals surface area contributed by atoms with E-state index in [-0.39, 0.29) is 24.5 Å². The molecule has 0 bridgehead atoms. The smallest absolute Gasteiger partial charge is 0.241 e. The van der Waals surface area contributed by atoms with Gasteiger partial charge in [-0.3, -0.25) is 10.5 Å². The maximum Gasteiger partial charge on any atom is 0.241 e. The van der Waals surface area contributed by atoms with E-state index < -0.39 is 0 Å². The third-order valence-electron chi connectivity index (χ3n) is 2.76. The second-order valence-electron chi connectivity index (χ2n) is 4.35. The van der Waals surface area contributed by atoms with Crippen LogP contribution in [0.4, 0.5) is 11.8 Å². The molecule has 8 heteroatoms. The van der Waals surface area contributed by atoms with Crippen molar-refractivity contribution in [3.05, 3.63) is 6.20 Å². The average molecular weight is 251 g/mol. The van der Waals surface area contributed by atoms with Gasteiger partial charge in [0.15, 0.2) is 5.65 Å². The highest BCUT2D eigenvalue weighted by atomic mass is 16.3. The second-order valence-corrected chi connectivity index (χ2v) is 4.35. The molecule has 2 heterocycles. The van der Waals surface area contributed by atoms with Crippen molar-refractivity contribution in [3.63, 3.8) is 0 Å². The number of anilines is 2. The van der Waals surface area contributed by atoms with Gasteiger partial charge < -0.3 is 10.4 Å². The summed E-state index contributed by atoms with van der Waals surface area (Å²) >= 11 is 0. The van der Waals surface area contributed by atoms with E-state index in [1.165, 1.54) is 0 Å². The molecule has 18 heavy (non-hydrogen) atoms. The van der Waals surface area contributed by atoms with Crippen LogP contribution in [0.2, 0.25) is 0 Å². The van der Waals surface area contributed by atoms with E-state index in [0.717, 1.165) is 5.39 Å². The Hall–Kier alpha value is -1.93. The molecule has 0 spiro atoms. The van der Waals surface area contributed by atoms with Gasteiger partial charge in [0, 0.05) is 0 Å². The fourth-order valence-corrected chi connectivity index (χ4v) is 1.61. The number of aliphatic hydroxyl groups is 1. The molecule has 6 N–H and O–H groups in total. The summed E-state index contributed by atoms with van der Waals surface area (Å²) in [5.74, 6) is 6.46. The Bertz CT molecular complexity index is 524. The zero-order chi connectivity index (χ0) is 13.1. The summed E-state index contributed by atoms with van der Waals surface area (Å²) in [5, 5.41) is 19.9. The van der Waals surface area contributed by atoms with Crippen LogP contribution in [0.25, 0.3) is 11.0 Å². The van der Waals surface area contributed by atoms with Crippen LogP contribution in [-0.2, 0) is 0 Å². The van der Waals surface area contributed by atoms with Crippen LogP contribution in [0.5, 0.6) is 0 Å². The van der Waals surface area contributed by atoms with Crippen molar-refractivity contribution >= 4 is 22.8 Å².